The van der Waals surface area contributed by atoms with Gasteiger partial charge in [0.15, 0.2) is 11.4 Å². The summed E-state index contributed by atoms with van der Waals surface area (Å²) in [6.07, 6.45) is 2.59. The number of pyridine rings is 1. The van der Waals surface area contributed by atoms with E-state index in [9.17, 15) is 4.79 Å². The first-order chi connectivity index (χ1) is 9.63. The van der Waals surface area contributed by atoms with E-state index in [1.165, 1.54) is 0 Å². The highest BCUT2D eigenvalue weighted by Gasteiger charge is 2.23. The van der Waals surface area contributed by atoms with Crippen LogP contribution in [0, 0.1) is 0 Å². The summed E-state index contributed by atoms with van der Waals surface area (Å²) >= 11 is 0. The number of amides is 1. The van der Waals surface area contributed by atoms with E-state index in [2.05, 4.69) is 9.88 Å². The van der Waals surface area contributed by atoms with Gasteiger partial charge in [-0.25, -0.2) is 4.98 Å². The molecule has 0 aliphatic carbocycles. The van der Waals surface area contributed by atoms with E-state index in [0.717, 1.165) is 25.2 Å². The molecule has 0 saturated carbocycles. The third-order valence-corrected chi connectivity index (χ3v) is 3.15. The second-order valence-electron chi connectivity index (χ2n) is 4.85. The van der Waals surface area contributed by atoms with Gasteiger partial charge in [0.05, 0.1) is 25.0 Å². The first-order valence-corrected chi connectivity index (χ1v) is 6.91. The highest BCUT2D eigenvalue weighted by Crippen LogP contribution is 2.32. The van der Waals surface area contributed by atoms with Crippen LogP contribution in [-0.4, -0.2) is 43.3 Å². The zero-order valence-electron chi connectivity index (χ0n) is 12.0. The summed E-state index contributed by atoms with van der Waals surface area (Å²) in [5.41, 5.74) is 6.44. The summed E-state index contributed by atoms with van der Waals surface area (Å²) in [7, 11) is 0. The lowest BCUT2D eigenvalue weighted by atomic mass is 10.2. The fourth-order valence-electron chi connectivity index (χ4n) is 2.25. The van der Waals surface area contributed by atoms with Gasteiger partial charge in [-0.15, -0.1) is 0 Å². The van der Waals surface area contributed by atoms with Crippen LogP contribution in [0.4, 0.5) is 5.69 Å². The molecule has 110 valence electrons. The minimum Gasteiger partial charge on any atom is -0.489 e. The molecule has 1 saturated heterocycles. The summed E-state index contributed by atoms with van der Waals surface area (Å²) in [5.74, 6) is -0.0878. The Morgan fingerprint density at radius 3 is 3.10 bits per heavy atom. The van der Waals surface area contributed by atoms with Crippen molar-refractivity contribution in [1.82, 2.24) is 4.98 Å². The predicted molar refractivity (Wildman–Crippen MR) is 76.2 cm³/mol. The fraction of sp³-hybridized carbons (Fsp3) is 0.571. The van der Waals surface area contributed by atoms with Gasteiger partial charge in [-0.1, -0.05) is 6.92 Å². The largest absolute Gasteiger partial charge is 0.489 e. The molecule has 1 aliphatic heterocycles. The standard InChI is InChI=1S/C14H21N3O3/c1-3-7-20-13-11(4-5-16-12(13)14(15)18)17-6-8-19-10(2)9-17/h4-5,10H,3,6-9H2,1-2H3,(H2,15,18). The van der Waals surface area contributed by atoms with Crippen LogP contribution in [0.3, 0.4) is 0 Å². The van der Waals surface area contributed by atoms with Crippen molar-refractivity contribution in [3.63, 3.8) is 0 Å². The van der Waals surface area contributed by atoms with E-state index in [1.807, 2.05) is 19.9 Å². The Hall–Kier alpha value is -1.82. The molecule has 6 heteroatoms. The SMILES string of the molecule is CCCOc1c(N2CCOC(C)C2)ccnc1C(N)=O. The van der Waals surface area contributed by atoms with Crippen molar-refractivity contribution in [3.05, 3.63) is 18.0 Å². The van der Waals surface area contributed by atoms with Gasteiger partial charge in [0.2, 0.25) is 0 Å². The molecule has 20 heavy (non-hydrogen) atoms. The number of hydrogen-bond acceptors (Lipinski definition) is 5. The third kappa shape index (κ3) is 3.19. The normalized spacial score (nSPS) is 18.9. The number of anilines is 1. The number of primary amides is 1. The van der Waals surface area contributed by atoms with Crippen LogP contribution in [0.15, 0.2) is 12.3 Å². The van der Waals surface area contributed by atoms with Gasteiger partial charge in [-0.2, -0.15) is 0 Å². The van der Waals surface area contributed by atoms with E-state index in [-0.39, 0.29) is 11.8 Å². The van der Waals surface area contributed by atoms with Crippen LogP contribution in [0.2, 0.25) is 0 Å². The number of nitrogens with zero attached hydrogens (tertiary/aromatic N) is 2. The van der Waals surface area contributed by atoms with Crippen molar-refractivity contribution in [2.75, 3.05) is 31.2 Å². The summed E-state index contributed by atoms with van der Waals surface area (Å²) in [5, 5.41) is 0. The second-order valence-corrected chi connectivity index (χ2v) is 4.85. The Bertz CT molecular complexity index is 479. The van der Waals surface area contributed by atoms with Crippen molar-refractivity contribution in [3.8, 4) is 5.75 Å². The van der Waals surface area contributed by atoms with Gasteiger partial charge in [0.25, 0.3) is 5.91 Å². The Balaban J connectivity index is 2.34. The van der Waals surface area contributed by atoms with Crippen molar-refractivity contribution in [1.29, 1.82) is 0 Å². The maximum atomic E-state index is 11.5. The highest BCUT2D eigenvalue weighted by atomic mass is 16.5. The first-order valence-electron chi connectivity index (χ1n) is 6.91. The van der Waals surface area contributed by atoms with Crippen LogP contribution in [-0.2, 0) is 4.74 Å². The average Bonchev–Trinajstić information content (AvgIpc) is 2.44. The molecule has 6 nitrogen and oxygen atoms in total. The van der Waals surface area contributed by atoms with Crippen molar-refractivity contribution < 1.29 is 14.3 Å². The van der Waals surface area contributed by atoms with Crippen molar-refractivity contribution in [2.24, 2.45) is 5.73 Å². The molecule has 2 heterocycles. The van der Waals surface area contributed by atoms with Gasteiger partial charge >= 0.3 is 0 Å². The molecule has 0 aromatic carbocycles. The lowest BCUT2D eigenvalue weighted by Crippen LogP contribution is -2.41. The fourth-order valence-corrected chi connectivity index (χ4v) is 2.25. The lowest BCUT2D eigenvalue weighted by Gasteiger charge is -2.34. The molecule has 0 bridgehead atoms. The molecule has 1 aromatic rings. The smallest absolute Gasteiger partial charge is 0.271 e. The zero-order chi connectivity index (χ0) is 14.5. The number of aromatic nitrogens is 1. The van der Waals surface area contributed by atoms with Gasteiger partial charge < -0.3 is 20.1 Å². The summed E-state index contributed by atoms with van der Waals surface area (Å²) in [6.45, 7) is 6.73. The number of nitrogens with two attached hydrogens (primary N) is 1. The van der Waals surface area contributed by atoms with Crippen LogP contribution in [0.25, 0.3) is 0 Å². The topological polar surface area (TPSA) is 77.7 Å². The number of morpholine rings is 1. The van der Waals surface area contributed by atoms with Crippen LogP contribution in [0.1, 0.15) is 30.8 Å². The Kier molecular flexibility index (Phi) is 4.79. The quantitative estimate of drug-likeness (QED) is 0.876. The van der Waals surface area contributed by atoms with Crippen molar-refractivity contribution in [2.45, 2.75) is 26.4 Å². The second kappa shape index (κ2) is 6.56. The lowest BCUT2D eigenvalue weighted by molar-refractivity contribution is 0.0530. The van der Waals surface area contributed by atoms with Gasteiger partial charge in [-0.3, -0.25) is 4.79 Å². The van der Waals surface area contributed by atoms with Crippen LogP contribution >= 0.6 is 0 Å². The molecule has 0 spiro atoms. The Morgan fingerprint density at radius 1 is 1.65 bits per heavy atom. The zero-order valence-corrected chi connectivity index (χ0v) is 12.0. The molecule has 1 aliphatic rings. The molecular weight excluding hydrogens is 258 g/mol. The van der Waals surface area contributed by atoms with E-state index >= 15 is 0 Å². The minimum atomic E-state index is -0.570. The van der Waals surface area contributed by atoms with Gasteiger partial charge in [0, 0.05) is 19.3 Å². The molecule has 0 radical (unpaired) electrons. The Labute approximate surface area is 118 Å². The van der Waals surface area contributed by atoms with Gasteiger partial charge in [0.1, 0.15) is 0 Å². The monoisotopic (exact) mass is 279 g/mol. The number of ether oxygens (including phenoxy) is 2. The average molecular weight is 279 g/mol. The summed E-state index contributed by atoms with van der Waals surface area (Å²) in [4.78, 5) is 17.7. The molecule has 1 fully saturated rings. The predicted octanol–water partition coefficient (Wildman–Crippen LogP) is 1.19. The van der Waals surface area contributed by atoms with E-state index < -0.39 is 5.91 Å². The summed E-state index contributed by atoms with van der Waals surface area (Å²) in [6, 6.07) is 1.86. The number of hydrogen-bond donors (Lipinski definition) is 1. The minimum absolute atomic E-state index is 0.146. The molecule has 2 N–H and O–H groups in total. The first kappa shape index (κ1) is 14.6. The maximum Gasteiger partial charge on any atom is 0.271 e. The number of carbonyl (C=O) groups is 1. The molecule has 1 aromatic heterocycles. The van der Waals surface area contributed by atoms with Crippen LogP contribution in [0.5, 0.6) is 5.75 Å². The highest BCUT2D eigenvalue weighted by molar-refractivity contribution is 5.95. The van der Waals surface area contributed by atoms with E-state index in [1.54, 1.807) is 6.20 Å². The van der Waals surface area contributed by atoms with Crippen molar-refractivity contribution >= 4 is 11.6 Å². The Morgan fingerprint density at radius 2 is 2.45 bits per heavy atom. The van der Waals surface area contributed by atoms with E-state index in [4.69, 9.17) is 15.2 Å². The van der Waals surface area contributed by atoms with Crippen LogP contribution < -0.4 is 15.4 Å². The number of carbonyl (C=O) groups excluding carboxylic acids is 1. The van der Waals surface area contributed by atoms with Gasteiger partial charge in [-0.05, 0) is 19.4 Å². The third-order valence-electron chi connectivity index (χ3n) is 3.15. The molecule has 1 atom stereocenters. The molecular formula is C14H21N3O3. The number of rotatable bonds is 5. The maximum absolute atomic E-state index is 11.5. The molecule has 2 rings (SSSR count). The molecule has 1 unspecified atom stereocenters. The summed E-state index contributed by atoms with van der Waals surface area (Å²) < 4.78 is 11.3. The molecule has 1 amide bonds. The van der Waals surface area contributed by atoms with E-state index in [0.29, 0.717) is 19.0 Å².